The van der Waals surface area contributed by atoms with Crippen LogP contribution in [0, 0.1) is 0 Å². The Balaban J connectivity index is 1.07. The number of hydrogen-bond acceptors (Lipinski definition) is 8. The summed E-state index contributed by atoms with van der Waals surface area (Å²) in [5.41, 5.74) is 2.99. The van der Waals surface area contributed by atoms with Gasteiger partial charge >= 0.3 is 6.09 Å². The molecule has 2 heterocycles. The predicted molar refractivity (Wildman–Crippen MR) is 147 cm³/mol. The minimum Gasteiger partial charge on any atom is -0.491 e. The molecule has 194 valence electrons. The van der Waals surface area contributed by atoms with Crippen molar-refractivity contribution in [2.75, 3.05) is 54.5 Å². The smallest absolute Gasteiger partial charge is 0.417 e. The fourth-order valence-corrected chi connectivity index (χ4v) is 4.59. The van der Waals surface area contributed by atoms with Crippen LogP contribution in [0.1, 0.15) is 6.92 Å². The fraction of sp³-hybridized carbons (Fsp3) is 0.321. The molecule has 1 amide bonds. The first-order valence-electron chi connectivity index (χ1n) is 12.3. The molecule has 37 heavy (non-hydrogen) atoms. The van der Waals surface area contributed by atoms with E-state index in [0.717, 1.165) is 37.6 Å². The molecule has 2 aliphatic heterocycles. The lowest BCUT2D eigenvalue weighted by atomic mass is 10.2. The molecule has 0 radical (unpaired) electrons. The van der Waals surface area contributed by atoms with Crippen molar-refractivity contribution in [3.63, 3.8) is 0 Å². The minimum absolute atomic E-state index is 0.122. The molecule has 0 aromatic heterocycles. The topological polar surface area (TPSA) is 72.5 Å². The van der Waals surface area contributed by atoms with E-state index in [1.54, 1.807) is 19.1 Å². The summed E-state index contributed by atoms with van der Waals surface area (Å²) in [6, 6.07) is 25.0. The third-order valence-corrected chi connectivity index (χ3v) is 6.51. The summed E-state index contributed by atoms with van der Waals surface area (Å²) in [5.74, 6) is 1.31. The van der Waals surface area contributed by atoms with Gasteiger partial charge in [-0.15, -0.1) is 12.6 Å². The van der Waals surface area contributed by atoms with Crippen molar-refractivity contribution in [3.05, 3.63) is 78.9 Å². The molecule has 8 nitrogen and oxygen atoms in total. The molecule has 2 aliphatic rings. The molecule has 2 saturated heterocycles. The number of carbonyl (C=O) groups is 1. The van der Waals surface area contributed by atoms with Gasteiger partial charge in [0, 0.05) is 43.2 Å². The lowest BCUT2D eigenvalue weighted by molar-refractivity contribution is -0.0782. The maximum atomic E-state index is 12.1. The van der Waals surface area contributed by atoms with Crippen LogP contribution in [0.2, 0.25) is 0 Å². The first kappa shape index (κ1) is 25.3. The average molecular weight is 522 g/mol. The molecule has 3 aromatic rings. The molecule has 3 aromatic carbocycles. The third-order valence-electron chi connectivity index (χ3n) is 6.27. The highest BCUT2D eigenvalue weighted by Crippen LogP contribution is 2.28. The van der Waals surface area contributed by atoms with E-state index in [1.807, 2.05) is 54.6 Å². The monoisotopic (exact) mass is 521 g/mol. The van der Waals surface area contributed by atoms with E-state index in [1.165, 1.54) is 5.69 Å². The highest BCUT2D eigenvalue weighted by molar-refractivity contribution is 7.81. The Morgan fingerprint density at radius 2 is 1.51 bits per heavy atom. The van der Waals surface area contributed by atoms with E-state index in [2.05, 4.69) is 39.9 Å². The normalized spacial score (nSPS) is 21.5. The second-order valence-electron chi connectivity index (χ2n) is 9.10. The van der Waals surface area contributed by atoms with Gasteiger partial charge in [0.05, 0.1) is 6.61 Å². The Labute approximate surface area is 222 Å². The zero-order valence-corrected chi connectivity index (χ0v) is 21.6. The van der Waals surface area contributed by atoms with Crippen molar-refractivity contribution < 1.29 is 23.7 Å². The minimum atomic E-state index is -0.838. The molecule has 5 rings (SSSR count). The maximum Gasteiger partial charge on any atom is 0.417 e. The summed E-state index contributed by atoms with van der Waals surface area (Å²) in [5, 5.41) is 1.93. The van der Waals surface area contributed by atoms with E-state index >= 15 is 0 Å². The molecule has 2 atom stereocenters. The summed E-state index contributed by atoms with van der Waals surface area (Å²) >= 11 is 4.29. The van der Waals surface area contributed by atoms with Gasteiger partial charge in [-0.05, 0) is 67.6 Å². The standard InChI is InChI=1S/C28H31N3O5S/c1-28(37)34-20-26(36-28)19-33-24-13-11-23(12-14-24)31-17-15-30(16-18-31)22-9-7-21(8-10-22)29-27(32)35-25-5-3-2-4-6-25/h2-14,26,37H,15-20H2,1H3,(H,29,32). The van der Waals surface area contributed by atoms with Crippen molar-refractivity contribution in [1.29, 1.82) is 0 Å². The molecule has 0 aliphatic carbocycles. The number of benzene rings is 3. The van der Waals surface area contributed by atoms with E-state index < -0.39 is 11.2 Å². The lowest BCUT2D eigenvalue weighted by Crippen LogP contribution is -2.46. The van der Waals surface area contributed by atoms with Gasteiger partial charge in [-0.2, -0.15) is 0 Å². The Morgan fingerprint density at radius 3 is 2.08 bits per heavy atom. The van der Waals surface area contributed by atoms with Crippen LogP contribution in [0.3, 0.4) is 0 Å². The van der Waals surface area contributed by atoms with Gasteiger partial charge < -0.3 is 28.7 Å². The predicted octanol–water partition coefficient (Wildman–Crippen LogP) is 5.02. The van der Waals surface area contributed by atoms with Crippen molar-refractivity contribution in [1.82, 2.24) is 0 Å². The molecule has 9 heteroatoms. The Kier molecular flexibility index (Phi) is 7.73. The van der Waals surface area contributed by atoms with Crippen molar-refractivity contribution in [3.8, 4) is 11.5 Å². The fourth-order valence-electron chi connectivity index (χ4n) is 4.37. The van der Waals surface area contributed by atoms with Crippen molar-refractivity contribution in [2.24, 2.45) is 0 Å². The van der Waals surface area contributed by atoms with Gasteiger partial charge in [-0.1, -0.05) is 18.2 Å². The molecule has 2 unspecified atom stereocenters. The van der Waals surface area contributed by atoms with Gasteiger partial charge in [0.2, 0.25) is 5.12 Å². The number of nitrogens with zero attached hydrogens (tertiary/aromatic N) is 2. The van der Waals surface area contributed by atoms with Gasteiger partial charge in [0.15, 0.2) is 0 Å². The molecular weight excluding hydrogens is 490 g/mol. The number of anilines is 3. The molecular formula is C28H31N3O5S. The number of piperazine rings is 1. The highest BCUT2D eigenvalue weighted by Gasteiger charge is 2.34. The van der Waals surface area contributed by atoms with Crippen molar-refractivity contribution >= 4 is 35.8 Å². The van der Waals surface area contributed by atoms with E-state index in [0.29, 0.717) is 24.7 Å². The maximum absolute atomic E-state index is 12.1. The summed E-state index contributed by atoms with van der Waals surface area (Å²) in [6.07, 6.45) is -0.631. The van der Waals surface area contributed by atoms with Crippen LogP contribution >= 0.6 is 12.6 Å². The molecule has 0 bridgehead atoms. The van der Waals surface area contributed by atoms with Crippen LogP contribution < -0.4 is 24.6 Å². The number of hydrogen-bond donors (Lipinski definition) is 2. The number of carbonyl (C=O) groups excluding carboxylic acids is 1. The van der Waals surface area contributed by atoms with E-state index in [9.17, 15) is 4.79 Å². The van der Waals surface area contributed by atoms with Crippen LogP contribution in [-0.2, 0) is 9.47 Å². The van der Waals surface area contributed by atoms with Gasteiger partial charge in [-0.25, -0.2) is 4.79 Å². The zero-order valence-electron chi connectivity index (χ0n) is 20.7. The second-order valence-corrected chi connectivity index (χ2v) is 9.91. The Hall–Kier alpha value is -3.40. The number of thiol groups is 1. The van der Waals surface area contributed by atoms with E-state index in [-0.39, 0.29) is 6.10 Å². The van der Waals surface area contributed by atoms with Crippen LogP contribution in [-0.4, -0.2) is 56.7 Å². The molecule has 0 spiro atoms. The van der Waals surface area contributed by atoms with Crippen LogP contribution in [0.4, 0.5) is 21.9 Å². The zero-order chi connectivity index (χ0) is 25.7. The summed E-state index contributed by atoms with van der Waals surface area (Å²) in [7, 11) is 0. The van der Waals surface area contributed by atoms with E-state index in [4.69, 9.17) is 18.9 Å². The summed E-state index contributed by atoms with van der Waals surface area (Å²) in [4.78, 5) is 16.8. The number of rotatable bonds is 7. The lowest BCUT2D eigenvalue weighted by Gasteiger charge is -2.37. The third kappa shape index (κ3) is 6.88. The quantitative estimate of drug-likeness (QED) is 0.423. The largest absolute Gasteiger partial charge is 0.491 e. The summed E-state index contributed by atoms with van der Waals surface area (Å²) in [6.45, 7) is 6.32. The van der Waals surface area contributed by atoms with Gasteiger partial charge in [0.1, 0.15) is 24.2 Å². The van der Waals surface area contributed by atoms with Crippen LogP contribution in [0.25, 0.3) is 0 Å². The van der Waals surface area contributed by atoms with Crippen molar-refractivity contribution in [2.45, 2.75) is 18.1 Å². The highest BCUT2D eigenvalue weighted by atomic mass is 32.1. The number of amides is 1. The molecule has 2 fully saturated rings. The first-order chi connectivity index (χ1) is 17.9. The number of ether oxygens (including phenoxy) is 4. The second kappa shape index (κ2) is 11.3. The Morgan fingerprint density at radius 1 is 0.919 bits per heavy atom. The Bertz CT molecular complexity index is 1170. The number of nitrogens with one attached hydrogen (secondary N) is 1. The van der Waals surface area contributed by atoms with Crippen LogP contribution in [0.5, 0.6) is 11.5 Å². The van der Waals surface area contributed by atoms with Gasteiger partial charge in [-0.3, -0.25) is 5.32 Å². The summed E-state index contributed by atoms with van der Waals surface area (Å²) < 4.78 is 22.3. The van der Waals surface area contributed by atoms with Gasteiger partial charge in [0.25, 0.3) is 0 Å². The number of para-hydroxylation sites is 1. The average Bonchev–Trinajstić information content (AvgIpc) is 3.27. The molecule has 0 saturated carbocycles. The SMILES string of the molecule is CC1(S)OCC(COc2ccc(N3CCN(c4ccc(NC(=O)Oc5ccccc5)cc4)CC3)cc2)O1. The van der Waals surface area contributed by atoms with Crippen LogP contribution in [0.15, 0.2) is 78.9 Å². The first-order valence-corrected chi connectivity index (χ1v) is 12.8. The molecule has 1 N–H and O–H groups in total.